The van der Waals surface area contributed by atoms with Crippen molar-refractivity contribution in [3.05, 3.63) is 94.0 Å². The Morgan fingerprint density at radius 3 is 2.13 bits per heavy atom. The van der Waals surface area contributed by atoms with Gasteiger partial charge in [-0.15, -0.1) is 0 Å². The zero-order valence-corrected chi connectivity index (χ0v) is 18.4. The molecule has 1 fully saturated rings. The Kier molecular flexibility index (Phi) is 6.16. The van der Waals surface area contributed by atoms with Crippen molar-refractivity contribution in [1.29, 1.82) is 0 Å². The Balaban J connectivity index is 1.59. The van der Waals surface area contributed by atoms with Crippen LogP contribution in [0.4, 0.5) is 11.4 Å². The van der Waals surface area contributed by atoms with E-state index in [1.165, 1.54) is 5.01 Å². The van der Waals surface area contributed by atoms with Crippen LogP contribution in [0.3, 0.4) is 0 Å². The minimum absolute atomic E-state index is 0.225. The van der Waals surface area contributed by atoms with Crippen molar-refractivity contribution in [3.63, 3.8) is 0 Å². The molecular weight excluding hydrogens is 433 g/mol. The molecule has 1 aliphatic heterocycles. The number of amides is 2. The molecule has 3 aromatic carbocycles. The molecule has 0 aliphatic carbocycles. The van der Waals surface area contributed by atoms with Gasteiger partial charge in [0.25, 0.3) is 5.91 Å². The molecule has 3 aromatic rings. The number of aryl methyl sites for hydroxylation is 1. The van der Waals surface area contributed by atoms with E-state index in [0.717, 1.165) is 16.8 Å². The van der Waals surface area contributed by atoms with Crippen LogP contribution in [0.25, 0.3) is 0 Å². The molecule has 0 saturated carbocycles. The summed E-state index contributed by atoms with van der Waals surface area (Å²) in [6.45, 7) is 2.59. The number of hydrogen-bond donors (Lipinski definition) is 1. The molecule has 1 unspecified atom stereocenters. The standard InChI is InChI=1S/C24H21Cl2N3O2/c1-16-4-2-3-5-17(16)14-27-23(30)22-15-28(20-10-6-18(25)7-11-20)29(24(22)31)21-12-8-19(26)9-13-21/h2-13,22H,14-15H2,1H3,(H,27,30). The first-order chi connectivity index (χ1) is 14.9. The molecular formula is C24H21Cl2N3O2. The highest BCUT2D eigenvalue weighted by Gasteiger charge is 2.43. The number of hydrogen-bond acceptors (Lipinski definition) is 3. The number of carbonyl (C=O) groups excluding carboxylic acids is 2. The third kappa shape index (κ3) is 4.53. The lowest BCUT2D eigenvalue weighted by Gasteiger charge is -2.29. The molecule has 1 atom stereocenters. The quantitative estimate of drug-likeness (QED) is 0.552. The third-order valence-electron chi connectivity index (χ3n) is 5.33. The minimum Gasteiger partial charge on any atom is -0.351 e. The zero-order chi connectivity index (χ0) is 22.0. The molecule has 0 bridgehead atoms. The van der Waals surface area contributed by atoms with Crippen LogP contribution in [0.1, 0.15) is 11.1 Å². The fourth-order valence-electron chi connectivity index (χ4n) is 3.59. The number of halogens is 2. The van der Waals surface area contributed by atoms with E-state index >= 15 is 0 Å². The lowest BCUT2D eigenvalue weighted by atomic mass is 10.1. The van der Waals surface area contributed by atoms with E-state index < -0.39 is 5.92 Å². The van der Waals surface area contributed by atoms with Crippen molar-refractivity contribution in [2.45, 2.75) is 13.5 Å². The van der Waals surface area contributed by atoms with Crippen LogP contribution in [0.2, 0.25) is 10.0 Å². The van der Waals surface area contributed by atoms with Gasteiger partial charge in [-0.2, -0.15) is 0 Å². The zero-order valence-electron chi connectivity index (χ0n) is 16.9. The summed E-state index contributed by atoms with van der Waals surface area (Å²) in [7, 11) is 0. The highest BCUT2D eigenvalue weighted by atomic mass is 35.5. The van der Waals surface area contributed by atoms with E-state index in [9.17, 15) is 9.59 Å². The molecule has 1 saturated heterocycles. The van der Waals surface area contributed by atoms with Gasteiger partial charge in [-0.25, -0.2) is 5.01 Å². The Hall–Kier alpha value is -3.02. The largest absolute Gasteiger partial charge is 0.351 e. The number of benzene rings is 3. The smallest absolute Gasteiger partial charge is 0.260 e. The lowest BCUT2D eigenvalue weighted by molar-refractivity contribution is -0.131. The van der Waals surface area contributed by atoms with Gasteiger partial charge in [-0.1, -0.05) is 47.5 Å². The van der Waals surface area contributed by atoms with E-state index in [2.05, 4.69) is 5.32 Å². The Bertz CT molecular complexity index is 1100. The van der Waals surface area contributed by atoms with Gasteiger partial charge >= 0.3 is 0 Å². The van der Waals surface area contributed by atoms with Crippen LogP contribution < -0.4 is 15.3 Å². The van der Waals surface area contributed by atoms with Gasteiger partial charge in [-0.3, -0.25) is 14.6 Å². The average molecular weight is 454 g/mol. The van der Waals surface area contributed by atoms with Crippen molar-refractivity contribution < 1.29 is 9.59 Å². The molecule has 0 spiro atoms. The van der Waals surface area contributed by atoms with Crippen LogP contribution in [0.15, 0.2) is 72.8 Å². The summed E-state index contributed by atoms with van der Waals surface area (Å²) >= 11 is 12.1. The summed E-state index contributed by atoms with van der Waals surface area (Å²) in [5, 5.41) is 7.40. The average Bonchev–Trinajstić information content (AvgIpc) is 3.11. The summed E-state index contributed by atoms with van der Waals surface area (Å²) in [6.07, 6.45) is 0. The van der Waals surface area contributed by atoms with Crippen LogP contribution >= 0.6 is 23.2 Å². The summed E-state index contributed by atoms with van der Waals surface area (Å²) in [5.41, 5.74) is 3.51. The first-order valence-corrected chi connectivity index (χ1v) is 10.6. The van der Waals surface area contributed by atoms with Gasteiger partial charge in [0.2, 0.25) is 5.91 Å². The number of carbonyl (C=O) groups is 2. The van der Waals surface area contributed by atoms with E-state index in [0.29, 0.717) is 22.3 Å². The molecule has 1 aliphatic rings. The van der Waals surface area contributed by atoms with Gasteiger partial charge in [0.1, 0.15) is 5.92 Å². The molecule has 158 valence electrons. The van der Waals surface area contributed by atoms with Crippen molar-refractivity contribution in [3.8, 4) is 0 Å². The number of nitrogens with one attached hydrogen (secondary N) is 1. The number of anilines is 2. The molecule has 1 heterocycles. The van der Waals surface area contributed by atoms with Gasteiger partial charge in [0.15, 0.2) is 0 Å². The molecule has 5 nitrogen and oxygen atoms in total. The molecule has 1 N–H and O–H groups in total. The number of hydrazine groups is 1. The van der Waals surface area contributed by atoms with Gasteiger partial charge < -0.3 is 5.32 Å². The number of nitrogens with zero attached hydrogens (tertiary/aromatic N) is 2. The van der Waals surface area contributed by atoms with Crippen molar-refractivity contribution in [2.24, 2.45) is 5.92 Å². The van der Waals surface area contributed by atoms with E-state index in [4.69, 9.17) is 23.2 Å². The Labute approximate surface area is 191 Å². The van der Waals surface area contributed by atoms with E-state index in [1.807, 2.05) is 43.3 Å². The fraction of sp³-hybridized carbons (Fsp3) is 0.167. The summed E-state index contributed by atoms with van der Waals surface area (Å²) in [6, 6.07) is 22.0. The van der Waals surface area contributed by atoms with E-state index in [1.54, 1.807) is 41.4 Å². The highest BCUT2D eigenvalue weighted by molar-refractivity contribution is 6.31. The maximum atomic E-state index is 13.3. The van der Waals surface area contributed by atoms with Crippen molar-refractivity contribution >= 4 is 46.4 Å². The van der Waals surface area contributed by atoms with Crippen molar-refractivity contribution in [2.75, 3.05) is 16.6 Å². The SMILES string of the molecule is Cc1ccccc1CNC(=O)C1CN(c2ccc(Cl)cc2)N(c2ccc(Cl)cc2)C1=O. The van der Waals surface area contributed by atoms with Gasteiger partial charge in [0.05, 0.1) is 17.9 Å². The highest BCUT2D eigenvalue weighted by Crippen LogP contribution is 2.32. The normalized spacial score (nSPS) is 16.0. The molecule has 4 rings (SSSR count). The fourth-order valence-corrected chi connectivity index (χ4v) is 3.84. The Morgan fingerprint density at radius 1 is 0.935 bits per heavy atom. The predicted octanol–water partition coefficient (Wildman–Crippen LogP) is 5.00. The second-order valence-electron chi connectivity index (χ2n) is 7.38. The van der Waals surface area contributed by atoms with Gasteiger partial charge in [0, 0.05) is 16.6 Å². The third-order valence-corrected chi connectivity index (χ3v) is 5.83. The minimum atomic E-state index is -0.838. The topological polar surface area (TPSA) is 52.7 Å². The summed E-state index contributed by atoms with van der Waals surface area (Å²) in [4.78, 5) is 26.3. The summed E-state index contributed by atoms with van der Waals surface area (Å²) < 4.78 is 0. The van der Waals surface area contributed by atoms with Crippen LogP contribution in [0, 0.1) is 12.8 Å². The van der Waals surface area contributed by atoms with Crippen molar-refractivity contribution in [1.82, 2.24) is 5.32 Å². The van der Waals surface area contributed by atoms with Crippen LogP contribution in [0.5, 0.6) is 0 Å². The van der Waals surface area contributed by atoms with Crippen LogP contribution in [-0.2, 0) is 16.1 Å². The Morgan fingerprint density at radius 2 is 1.52 bits per heavy atom. The first-order valence-electron chi connectivity index (χ1n) is 9.89. The second-order valence-corrected chi connectivity index (χ2v) is 8.25. The van der Waals surface area contributed by atoms with Crippen LogP contribution in [-0.4, -0.2) is 18.4 Å². The molecule has 0 radical (unpaired) electrons. The first kappa shape index (κ1) is 21.2. The molecule has 7 heteroatoms. The number of rotatable bonds is 5. The second kappa shape index (κ2) is 9.00. The van der Waals surface area contributed by atoms with Gasteiger partial charge in [-0.05, 0) is 66.6 Å². The molecule has 2 amide bonds. The lowest BCUT2D eigenvalue weighted by Crippen LogP contribution is -2.40. The molecule has 31 heavy (non-hydrogen) atoms. The predicted molar refractivity (Wildman–Crippen MR) is 124 cm³/mol. The van der Waals surface area contributed by atoms with E-state index in [-0.39, 0.29) is 18.4 Å². The summed E-state index contributed by atoms with van der Waals surface area (Å²) in [5.74, 6) is -1.43. The maximum absolute atomic E-state index is 13.3. The maximum Gasteiger partial charge on any atom is 0.260 e. The molecule has 0 aromatic heterocycles. The monoisotopic (exact) mass is 453 g/mol.